The Balaban J connectivity index is 1.86. The summed E-state index contributed by atoms with van der Waals surface area (Å²) < 4.78 is 5.37. The first kappa shape index (κ1) is 19.3. The number of rotatable bonds is 7. The molecule has 1 aliphatic rings. The van der Waals surface area contributed by atoms with Gasteiger partial charge < -0.3 is 20.7 Å². The van der Waals surface area contributed by atoms with Crippen LogP contribution in [0.1, 0.15) is 11.6 Å². The lowest BCUT2D eigenvalue weighted by Gasteiger charge is -2.31. The Bertz CT molecular complexity index is 779. The minimum atomic E-state index is -0.514. The fourth-order valence-electron chi connectivity index (χ4n) is 2.92. The molecular weight excluding hydrogens is 362 g/mol. The Morgan fingerprint density at radius 2 is 1.74 bits per heavy atom. The molecule has 1 saturated heterocycles. The molecule has 142 valence electrons. The Morgan fingerprint density at radius 1 is 1.07 bits per heavy atom. The number of anilines is 1. The van der Waals surface area contributed by atoms with Crippen LogP contribution in [0.15, 0.2) is 59.5 Å². The van der Waals surface area contributed by atoms with Gasteiger partial charge in [0.05, 0.1) is 19.0 Å². The van der Waals surface area contributed by atoms with Crippen LogP contribution in [0.25, 0.3) is 0 Å². The van der Waals surface area contributed by atoms with Crippen molar-refractivity contribution in [2.75, 3.05) is 37.4 Å². The predicted molar refractivity (Wildman–Crippen MR) is 107 cm³/mol. The van der Waals surface area contributed by atoms with E-state index in [2.05, 4.69) is 5.32 Å². The zero-order valence-electron chi connectivity index (χ0n) is 15.0. The minimum Gasteiger partial charge on any atom is -0.378 e. The molecule has 6 nitrogen and oxygen atoms in total. The molecule has 7 heteroatoms. The maximum absolute atomic E-state index is 13.2. The summed E-state index contributed by atoms with van der Waals surface area (Å²) in [7, 11) is 0. The molecule has 3 rings (SSSR count). The number of benzene rings is 2. The predicted octanol–water partition coefficient (Wildman–Crippen LogP) is 2.28. The monoisotopic (exact) mass is 385 g/mol. The van der Waals surface area contributed by atoms with Crippen LogP contribution < -0.4 is 11.1 Å². The van der Waals surface area contributed by atoms with Gasteiger partial charge in [0.15, 0.2) is 0 Å². The number of ether oxygens (including phenoxy) is 1. The second-order valence-corrected chi connectivity index (χ2v) is 7.19. The zero-order valence-corrected chi connectivity index (χ0v) is 15.8. The van der Waals surface area contributed by atoms with Gasteiger partial charge in [0, 0.05) is 23.7 Å². The maximum atomic E-state index is 13.2. The van der Waals surface area contributed by atoms with Crippen LogP contribution in [0.3, 0.4) is 0 Å². The molecule has 0 bridgehead atoms. The summed E-state index contributed by atoms with van der Waals surface area (Å²) in [5.74, 6) is -0.176. The number of nitrogens with two attached hydrogens (primary N) is 1. The molecule has 1 fully saturated rings. The molecule has 0 aromatic heterocycles. The van der Waals surface area contributed by atoms with Crippen molar-refractivity contribution < 1.29 is 14.3 Å². The van der Waals surface area contributed by atoms with E-state index < -0.39 is 6.04 Å². The molecule has 2 amide bonds. The van der Waals surface area contributed by atoms with Crippen molar-refractivity contribution in [1.29, 1.82) is 0 Å². The molecule has 1 aliphatic heterocycles. The van der Waals surface area contributed by atoms with Crippen LogP contribution in [0.4, 0.5) is 5.69 Å². The molecule has 27 heavy (non-hydrogen) atoms. The van der Waals surface area contributed by atoms with Crippen molar-refractivity contribution in [1.82, 2.24) is 4.90 Å². The van der Waals surface area contributed by atoms with Crippen LogP contribution in [-0.4, -0.2) is 48.8 Å². The number of amides is 2. The van der Waals surface area contributed by atoms with E-state index in [4.69, 9.17) is 10.5 Å². The maximum Gasteiger partial charge on any atom is 0.249 e. The van der Waals surface area contributed by atoms with E-state index in [0.717, 1.165) is 16.1 Å². The second kappa shape index (κ2) is 9.43. The van der Waals surface area contributed by atoms with Crippen molar-refractivity contribution in [3.05, 3.63) is 60.2 Å². The molecule has 0 aliphatic carbocycles. The first-order valence-corrected chi connectivity index (χ1v) is 9.82. The van der Waals surface area contributed by atoms with Crippen molar-refractivity contribution >= 4 is 29.3 Å². The van der Waals surface area contributed by atoms with Gasteiger partial charge in [-0.3, -0.25) is 9.59 Å². The summed E-state index contributed by atoms with van der Waals surface area (Å²) in [5, 5.41) is 3.38. The number of para-hydroxylation sites is 1. The molecule has 0 radical (unpaired) electrons. The van der Waals surface area contributed by atoms with Crippen LogP contribution in [0.5, 0.6) is 0 Å². The van der Waals surface area contributed by atoms with Crippen molar-refractivity contribution in [2.24, 2.45) is 5.73 Å². The summed E-state index contributed by atoms with van der Waals surface area (Å²) in [6.07, 6.45) is 0. The zero-order chi connectivity index (χ0) is 19.1. The first-order valence-electron chi connectivity index (χ1n) is 8.83. The summed E-state index contributed by atoms with van der Waals surface area (Å²) in [4.78, 5) is 27.1. The number of hydrogen-bond donors (Lipinski definition) is 2. The summed E-state index contributed by atoms with van der Waals surface area (Å²) in [6, 6.07) is 16.8. The van der Waals surface area contributed by atoms with Crippen molar-refractivity contribution in [2.45, 2.75) is 10.9 Å². The van der Waals surface area contributed by atoms with E-state index in [9.17, 15) is 9.59 Å². The third-order valence-electron chi connectivity index (χ3n) is 4.26. The van der Waals surface area contributed by atoms with Gasteiger partial charge in [-0.25, -0.2) is 0 Å². The Hall–Kier alpha value is -2.51. The van der Waals surface area contributed by atoms with Crippen LogP contribution in [0.2, 0.25) is 0 Å². The molecule has 1 heterocycles. The quantitative estimate of drug-likeness (QED) is 0.715. The van der Waals surface area contributed by atoms with E-state index in [-0.39, 0.29) is 17.6 Å². The largest absolute Gasteiger partial charge is 0.378 e. The molecule has 0 spiro atoms. The number of thioether (sulfide) groups is 1. The lowest BCUT2D eigenvalue weighted by molar-refractivity contribution is -0.136. The standard InChI is InChI=1S/C20H23N3O3S/c21-18(24)14-27-17-9-5-4-8-16(17)22-19(15-6-2-1-3-7-15)20(25)23-10-12-26-13-11-23/h1-9,19,22H,10-14H2,(H2,21,24)/t19-/m1/s1. The lowest BCUT2D eigenvalue weighted by atomic mass is 10.0. The summed E-state index contributed by atoms with van der Waals surface area (Å²) >= 11 is 1.36. The number of hydrogen-bond acceptors (Lipinski definition) is 5. The average molecular weight is 385 g/mol. The van der Waals surface area contributed by atoms with E-state index in [0.29, 0.717) is 26.3 Å². The number of nitrogens with zero attached hydrogens (tertiary/aromatic N) is 1. The Labute approximate surface area is 163 Å². The number of primary amides is 1. The minimum absolute atomic E-state index is 0.0132. The van der Waals surface area contributed by atoms with Gasteiger partial charge in [0.2, 0.25) is 11.8 Å². The number of carbonyl (C=O) groups excluding carboxylic acids is 2. The highest BCUT2D eigenvalue weighted by atomic mass is 32.2. The van der Waals surface area contributed by atoms with Crippen LogP contribution in [0, 0.1) is 0 Å². The first-order chi connectivity index (χ1) is 13.1. The van der Waals surface area contributed by atoms with Gasteiger partial charge in [-0.05, 0) is 17.7 Å². The fourth-order valence-corrected chi connectivity index (χ4v) is 3.67. The molecular formula is C20H23N3O3S. The van der Waals surface area contributed by atoms with E-state index in [1.54, 1.807) is 0 Å². The van der Waals surface area contributed by atoms with Crippen molar-refractivity contribution in [3.63, 3.8) is 0 Å². The summed E-state index contributed by atoms with van der Waals surface area (Å²) in [6.45, 7) is 2.28. The topological polar surface area (TPSA) is 84.7 Å². The number of morpholine rings is 1. The molecule has 2 aromatic carbocycles. The highest BCUT2D eigenvalue weighted by Gasteiger charge is 2.27. The van der Waals surface area contributed by atoms with E-state index >= 15 is 0 Å². The molecule has 1 atom stereocenters. The van der Waals surface area contributed by atoms with Crippen LogP contribution in [-0.2, 0) is 14.3 Å². The smallest absolute Gasteiger partial charge is 0.249 e. The van der Waals surface area contributed by atoms with Crippen molar-refractivity contribution in [3.8, 4) is 0 Å². The molecule has 0 saturated carbocycles. The lowest BCUT2D eigenvalue weighted by Crippen LogP contribution is -2.44. The van der Waals surface area contributed by atoms with Gasteiger partial charge in [-0.15, -0.1) is 11.8 Å². The SMILES string of the molecule is NC(=O)CSc1ccccc1N[C@@H](C(=O)N1CCOCC1)c1ccccc1. The molecule has 2 aromatic rings. The number of carbonyl (C=O) groups is 2. The third-order valence-corrected chi connectivity index (χ3v) is 5.36. The summed E-state index contributed by atoms with van der Waals surface area (Å²) in [5.41, 5.74) is 6.97. The Morgan fingerprint density at radius 3 is 2.44 bits per heavy atom. The molecule has 0 unspecified atom stereocenters. The van der Waals surface area contributed by atoms with Gasteiger partial charge in [0.25, 0.3) is 0 Å². The normalized spacial score (nSPS) is 15.2. The highest BCUT2D eigenvalue weighted by Crippen LogP contribution is 2.30. The highest BCUT2D eigenvalue weighted by molar-refractivity contribution is 8.00. The van der Waals surface area contributed by atoms with E-state index in [1.807, 2.05) is 59.5 Å². The van der Waals surface area contributed by atoms with Gasteiger partial charge in [0.1, 0.15) is 6.04 Å². The Kier molecular flexibility index (Phi) is 6.73. The number of nitrogens with one attached hydrogen (secondary N) is 1. The van der Waals surface area contributed by atoms with Gasteiger partial charge in [-0.1, -0.05) is 42.5 Å². The van der Waals surface area contributed by atoms with Gasteiger partial charge >= 0.3 is 0 Å². The molecule has 3 N–H and O–H groups in total. The van der Waals surface area contributed by atoms with E-state index in [1.165, 1.54) is 11.8 Å². The fraction of sp³-hybridized carbons (Fsp3) is 0.300. The van der Waals surface area contributed by atoms with Crippen LogP contribution >= 0.6 is 11.8 Å². The second-order valence-electron chi connectivity index (χ2n) is 6.18. The average Bonchev–Trinajstić information content (AvgIpc) is 2.72. The third kappa shape index (κ3) is 5.24. The van der Waals surface area contributed by atoms with Gasteiger partial charge in [-0.2, -0.15) is 0 Å².